The van der Waals surface area contributed by atoms with Gasteiger partial charge in [-0.15, -0.1) is 0 Å². The van der Waals surface area contributed by atoms with Crippen LogP contribution in [0.15, 0.2) is 67.0 Å². The van der Waals surface area contributed by atoms with Crippen molar-refractivity contribution in [3.8, 4) is 11.4 Å². The maximum absolute atomic E-state index is 13.1. The van der Waals surface area contributed by atoms with Crippen molar-refractivity contribution >= 4 is 5.91 Å². The van der Waals surface area contributed by atoms with Crippen molar-refractivity contribution in [1.29, 1.82) is 0 Å². The molecule has 0 N–H and O–H groups in total. The van der Waals surface area contributed by atoms with Crippen LogP contribution in [0.4, 0.5) is 0 Å². The standard InChI is InChI=1S/C26H32N4O2/c1-28(26(31)23-10-5-11-24(18-23)30-16-7-14-27-30)19-21-8-6-15-29(20-21)17-13-22-9-3-4-12-25(22)32-2/h3-5,7,9-12,14,16,18,21H,6,8,13,15,17,19-20H2,1-2H3/t21-/m1/s1. The van der Waals surface area contributed by atoms with E-state index in [1.807, 2.05) is 60.6 Å². The highest BCUT2D eigenvalue weighted by molar-refractivity contribution is 5.94. The van der Waals surface area contributed by atoms with Gasteiger partial charge in [-0.3, -0.25) is 4.79 Å². The molecular formula is C26H32N4O2. The van der Waals surface area contributed by atoms with Gasteiger partial charge in [0.2, 0.25) is 0 Å². The number of likely N-dealkylation sites (tertiary alicyclic amines) is 1. The average molecular weight is 433 g/mol. The monoisotopic (exact) mass is 432 g/mol. The lowest BCUT2D eigenvalue weighted by Gasteiger charge is -2.35. The van der Waals surface area contributed by atoms with Gasteiger partial charge in [-0.05, 0) is 67.6 Å². The van der Waals surface area contributed by atoms with Gasteiger partial charge in [0, 0.05) is 44.6 Å². The summed E-state index contributed by atoms with van der Waals surface area (Å²) in [7, 11) is 3.64. The first-order valence-corrected chi connectivity index (χ1v) is 11.3. The molecule has 6 nitrogen and oxygen atoms in total. The molecule has 1 saturated heterocycles. The molecule has 1 aromatic heterocycles. The highest BCUT2D eigenvalue weighted by Crippen LogP contribution is 2.22. The third-order valence-electron chi connectivity index (χ3n) is 6.23. The van der Waals surface area contributed by atoms with E-state index < -0.39 is 0 Å². The molecular weight excluding hydrogens is 400 g/mol. The largest absolute Gasteiger partial charge is 0.496 e. The maximum atomic E-state index is 13.1. The number of carbonyl (C=O) groups excluding carboxylic acids is 1. The summed E-state index contributed by atoms with van der Waals surface area (Å²) in [6.45, 7) is 3.94. The third kappa shape index (κ3) is 5.37. The first-order chi connectivity index (χ1) is 15.6. The summed E-state index contributed by atoms with van der Waals surface area (Å²) in [6.07, 6.45) is 6.94. The Bertz CT molecular complexity index is 1020. The van der Waals surface area contributed by atoms with Gasteiger partial charge in [0.25, 0.3) is 5.91 Å². The van der Waals surface area contributed by atoms with E-state index >= 15 is 0 Å². The minimum Gasteiger partial charge on any atom is -0.496 e. The number of ether oxygens (including phenoxy) is 1. The van der Waals surface area contributed by atoms with Gasteiger partial charge < -0.3 is 14.5 Å². The van der Waals surface area contributed by atoms with E-state index in [4.69, 9.17) is 4.74 Å². The second kappa shape index (κ2) is 10.5. The van der Waals surface area contributed by atoms with Gasteiger partial charge >= 0.3 is 0 Å². The van der Waals surface area contributed by atoms with Crippen molar-refractivity contribution < 1.29 is 9.53 Å². The predicted molar refractivity (Wildman–Crippen MR) is 126 cm³/mol. The molecule has 6 heteroatoms. The Morgan fingerprint density at radius 1 is 1.19 bits per heavy atom. The summed E-state index contributed by atoms with van der Waals surface area (Å²) in [5, 5.41) is 4.26. The molecule has 2 heterocycles. The number of hydrogen-bond acceptors (Lipinski definition) is 4. The van der Waals surface area contributed by atoms with Gasteiger partial charge in [-0.2, -0.15) is 5.10 Å². The number of rotatable bonds is 8. The molecule has 168 valence electrons. The molecule has 0 spiro atoms. The molecule has 1 atom stereocenters. The van der Waals surface area contributed by atoms with Gasteiger partial charge in [0.15, 0.2) is 0 Å². The lowest BCUT2D eigenvalue weighted by Crippen LogP contribution is -2.42. The number of hydrogen-bond donors (Lipinski definition) is 0. The third-order valence-corrected chi connectivity index (χ3v) is 6.23. The minimum absolute atomic E-state index is 0.0603. The maximum Gasteiger partial charge on any atom is 0.253 e. The second-order valence-corrected chi connectivity index (χ2v) is 8.56. The predicted octanol–water partition coefficient (Wildman–Crippen LogP) is 3.91. The number of piperidine rings is 1. The lowest BCUT2D eigenvalue weighted by molar-refractivity contribution is 0.0730. The van der Waals surface area contributed by atoms with Crippen LogP contribution < -0.4 is 4.74 Å². The van der Waals surface area contributed by atoms with Gasteiger partial charge in [-0.1, -0.05) is 24.3 Å². The Labute approximate surface area is 190 Å². The fraction of sp³-hybridized carbons (Fsp3) is 0.385. The summed E-state index contributed by atoms with van der Waals surface area (Å²) < 4.78 is 7.27. The van der Waals surface area contributed by atoms with Crippen LogP contribution in [0, 0.1) is 5.92 Å². The first-order valence-electron chi connectivity index (χ1n) is 11.3. The van der Waals surface area contributed by atoms with Crippen molar-refractivity contribution in [2.75, 3.05) is 40.3 Å². The van der Waals surface area contributed by atoms with Crippen LogP contribution in [0.5, 0.6) is 5.75 Å². The smallest absolute Gasteiger partial charge is 0.253 e. The zero-order chi connectivity index (χ0) is 22.3. The Hall–Kier alpha value is -3.12. The van der Waals surface area contributed by atoms with Crippen LogP contribution in [0.1, 0.15) is 28.8 Å². The van der Waals surface area contributed by atoms with E-state index in [0.29, 0.717) is 11.5 Å². The van der Waals surface area contributed by atoms with E-state index in [9.17, 15) is 4.79 Å². The number of para-hydroxylation sites is 1. The minimum atomic E-state index is 0.0603. The van der Waals surface area contributed by atoms with Crippen LogP contribution >= 0.6 is 0 Å². The van der Waals surface area contributed by atoms with Crippen molar-refractivity contribution in [2.24, 2.45) is 5.92 Å². The molecule has 4 rings (SSSR count). The SMILES string of the molecule is COc1ccccc1CCN1CCC[C@H](CN(C)C(=O)c2cccc(-n3cccn3)c2)C1. The van der Waals surface area contributed by atoms with E-state index in [0.717, 1.165) is 50.5 Å². The Balaban J connectivity index is 1.32. The lowest BCUT2D eigenvalue weighted by atomic mass is 9.96. The topological polar surface area (TPSA) is 50.6 Å². The highest BCUT2D eigenvalue weighted by Gasteiger charge is 2.23. The average Bonchev–Trinajstić information content (AvgIpc) is 3.38. The van der Waals surface area contributed by atoms with Gasteiger partial charge in [0.05, 0.1) is 12.8 Å². The molecule has 2 aromatic carbocycles. The fourth-order valence-corrected chi connectivity index (χ4v) is 4.59. The fourth-order valence-electron chi connectivity index (χ4n) is 4.59. The molecule has 0 bridgehead atoms. The van der Waals surface area contributed by atoms with Crippen LogP contribution in [0.3, 0.4) is 0 Å². The molecule has 1 amide bonds. The Kier molecular flexibility index (Phi) is 7.22. The van der Waals surface area contributed by atoms with Gasteiger partial charge in [0.1, 0.15) is 5.75 Å². The summed E-state index contributed by atoms with van der Waals surface area (Å²) in [4.78, 5) is 17.5. The molecule has 1 aliphatic rings. The molecule has 0 aliphatic carbocycles. The molecule has 0 radical (unpaired) electrons. The second-order valence-electron chi connectivity index (χ2n) is 8.56. The van der Waals surface area contributed by atoms with Crippen molar-refractivity contribution in [1.82, 2.24) is 19.6 Å². The summed E-state index contributed by atoms with van der Waals surface area (Å²) in [5.41, 5.74) is 2.85. The van der Waals surface area contributed by atoms with Crippen molar-refractivity contribution in [3.05, 3.63) is 78.1 Å². The number of benzene rings is 2. The van der Waals surface area contributed by atoms with Crippen molar-refractivity contribution in [3.63, 3.8) is 0 Å². The highest BCUT2D eigenvalue weighted by atomic mass is 16.5. The summed E-state index contributed by atoms with van der Waals surface area (Å²) in [5.74, 6) is 1.51. The molecule has 1 fully saturated rings. The Morgan fingerprint density at radius 2 is 2.06 bits per heavy atom. The number of nitrogens with zero attached hydrogens (tertiary/aromatic N) is 4. The van der Waals surface area contributed by atoms with Crippen LogP contribution in [-0.4, -0.2) is 65.8 Å². The van der Waals surface area contributed by atoms with Crippen LogP contribution in [-0.2, 0) is 6.42 Å². The van der Waals surface area contributed by atoms with E-state index in [-0.39, 0.29) is 5.91 Å². The molecule has 1 aliphatic heterocycles. The summed E-state index contributed by atoms with van der Waals surface area (Å²) >= 11 is 0. The molecule has 3 aromatic rings. The normalized spacial score (nSPS) is 16.6. The van der Waals surface area contributed by atoms with Crippen LogP contribution in [0.25, 0.3) is 5.69 Å². The number of aromatic nitrogens is 2. The van der Waals surface area contributed by atoms with E-state index in [2.05, 4.69) is 22.1 Å². The molecule has 0 unspecified atom stereocenters. The zero-order valence-corrected chi connectivity index (χ0v) is 19.0. The number of carbonyl (C=O) groups is 1. The summed E-state index contributed by atoms with van der Waals surface area (Å²) in [6, 6.07) is 17.8. The molecule has 0 saturated carbocycles. The Morgan fingerprint density at radius 3 is 2.88 bits per heavy atom. The zero-order valence-electron chi connectivity index (χ0n) is 19.0. The van der Waals surface area contributed by atoms with E-state index in [1.54, 1.807) is 18.0 Å². The molecule has 32 heavy (non-hydrogen) atoms. The quantitative estimate of drug-likeness (QED) is 0.542. The van der Waals surface area contributed by atoms with Crippen molar-refractivity contribution in [2.45, 2.75) is 19.3 Å². The first kappa shape index (κ1) is 22.1. The van der Waals surface area contributed by atoms with Gasteiger partial charge in [-0.25, -0.2) is 4.68 Å². The number of methoxy groups -OCH3 is 1. The van der Waals surface area contributed by atoms with Crippen LogP contribution in [0.2, 0.25) is 0 Å². The van der Waals surface area contributed by atoms with E-state index in [1.165, 1.54) is 12.0 Å². The number of amides is 1.